The topological polar surface area (TPSA) is 118 Å². The maximum atomic E-state index is 13.4. The number of nitriles is 1. The zero-order valence-corrected chi connectivity index (χ0v) is 21.0. The standard InChI is InChI=1S/C25H21ClF3N7O3/c26-16-2-3-20-19(9-16)36(22-11-18(25(27,28)29)24(38)33-32-22)14-17(39-20)10-23(37)35-7-5-34(6-8-35)21-4-1-15(12-30)13-31-21/h1-4,9,11,13,17H,5-8,10,14H2,(H,33,38)/t17-/m1/s1. The molecule has 4 heterocycles. The summed E-state index contributed by atoms with van der Waals surface area (Å²) < 4.78 is 46.2. The van der Waals surface area contributed by atoms with Crippen molar-refractivity contribution in [3.05, 3.63) is 69.1 Å². The maximum absolute atomic E-state index is 13.4. The lowest BCUT2D eigenvalue weighted by molar-refractivity contribution is -0.138. The van der Waals surface area contributed by atoms with Crippen LogP contribution in [0.25, 0.3) is 0 Å². The molecule has 0 radical (unpaired) electrons. The number of alkyl halides is 3. The smallest absolute Gasteiger partial charge is 0.421 e. The van der Waals surface area contributed by atoms with Gasteiger partial charge in [-0.2, -0.15) is 23.5 Å². The number of aromatic nitrogens is 3. The number of fused-ring (bicyclic) bond motifs is 1. The molecule has 2 aliphatic rings. The summed E-state index contributed by atoms with van der Waals surface area (Å²) in [5.41, 5.74) is -1.91. The number of rotatable bonds is 4. The SMILES string of the molecule is N#Cc1ccc(N2CCN(C(=O)C[C@@H]3CN(c4cc(C(F)(F)F)c(=O)[nH]n4)c4cc(Cl)ccc4O3)CC2)nc1. The van der Waals surface area contributed by atoms with Crippen LogP contribution in [0.1, 0.15) is 17.5 Å². The number of amides is 1. The number of carbonyl (C=O) groups excluding carboxylic acids is 1. The minimum Gasteiger partial charge on any atom is -0.486 e. The molecule has 1 N–H and O–H groups in total. The minimum atomic E-state index is -4.88. The van der Waals surface area contributed by atoms with Crippen molar-refractivity contribution in [1.29, 1.82) is 5.26 Å². The molecule has 2 aromatic heterocycles. The molecular weight excluding hydrogens is 539 g/mol. The first-order valence-electron chi connectivity index (χ1n) is 11.9. The van der Waals surface area contributed by atoms with E-state index in [1.54, 1.807) is 29.2 Å². The number of nitrogens with zero attached hydrogens (tertiary/aromatic N) is 6. The van der Waals surface area contributed by atoms with Gasteiger partial charge in [-0.05, 0) is 30.3 Å². The fraction of sp³-hybridized carbons (Fsp3) is 0.320. The molecule has 10 nitrogen and oxygen atoms in total. The van der Waals surface area contributed by atoms with E-state index in [4.69, 9.17) is 21.6 Å². The van der Waals surface area contributed by atoms with E-state index in [9.17, 15) is 22.8 Å². The van der Waals surface area contributed by atoms with Crippen LogP contribution in [0.5, 0.6) is 5.75 Å². The van der Waals surface area contributed by atoms with Crippen molar-refractivity contribution in [3.8, 4) is 11.8 Å². The van der Waals surface area contributed by atoms with E-state index in [0.717, 1.165) is 0 Å². The third-order valence-electron chi connectivity index (χ3n) is 6.50. The Morgan fingerprint density at radius 3 is 2.59 bits per heavy atom. The number of ether oxygens (including phenoxy) is 1. The van der Waals surface area contributed by atoms with E-state index in [1.165, 1.54) is 17.2 Å². The number of nitrogens with one attached hydrogen (secondary N) is 1. The second kappa shape index (κ2) is 10.5. The molecule has 1 atom stereocenters. The summed E-state index contributed by atoms with van der Waals surface area (Å²) in [6.45, 7) is 1.99. The molecule has 0 bridgehead atoms. The van der Waals surface area contributed by atoms with Crippen LogP contribution >= 0.6 is 11.6 Å². The molecule has 2 aliphatic heterocycles. The third-order valence-corrected chi connectivity index (χ3v) is 6.73. The van der Waals surface area contributed by atoms with Crippen molar-refractivity contribution < 1.29 is 22.7 Å². The van der Waals surface area contributed by atoms with Crippen molar-refractivity contribution in [2.24, 2.45) is 0 Å². The average molecular weight is 560 g/mol. The van der Waals surface area contributed by atoms with Crippen LogP contribution in [0.3, 0.4) is 0 Å². The van der Waals surface area contributed by atoms with Crippen LogP contribution in [0.15, 0.2) is 47.4 Å². The highest BCUT2D eigenvalue weighted by Gasteiger charge is 2.37. The fourth-order valence-corrected chi connectivity index (χ4v) is 4.70. The first-order chi connectivity index (χ1) is 18.6. The van der Waals surface area contributed by atoms with Crippen molar-refractivity contribution in [3.63, 3.8) is 0 Å². The van der Waals surface area contributed by atoms with Crippen LogP contribution < -0.4 is 20.1 Å². The van der Waals surface area contributed by atoms with Crippen molar-refractivity contribution in [2.75, 3.05) is 42.5 Å². The van der Waals surface area contributed by atoms with Gasteiger partial charge >= 0.3 is 6.18 Å². The van der Waals surface area contributed by atoms with Crippen LogP contribution in [-0.4, -0.2) is 64.8 Å². The van der Waals surface area contributed by atoms with Gasteiger partial charge in [0.05, 0.1) is 24.2 Å². The molecular formula is C25H21ClF3N7O3. The van der Waals surface area contributed by atoms with E-state index >= 15 is 0 Å². The van der Waals surface area contributed by atoms with Gasteiger partial charge in [0.1, 0.15) is 29.3 Å². The van der Waals surface area contributed by atoms with Crippen molar-refractivity contribution in [1.82, 2.24) is 20.1 Å². The van der Waals surface area contributed by atoms with Gasteiger partial charge in [-0.3, -0.25) is 9.59 Å². The van der Waals surface area contributed by atoms with Gasteiger partial charge in [0.25, 0.3) is 5.56 Å². The largest absolute Gasteiger partial charge is 0.486 e. The second-order valence-corrected chi connectivity index (χ2v) is 9.45. The van der Waals surface area contributed by atoms with Crippen LogP contribution in [0.4, 0.5) is 30.5 Å². The summed E-state index contributed by atoms with van der Waals surface area (Å²) in [5, 5.41) is 15.0. The number of carbonyl (C=O) groups is 1. The normalized spacial score (nSPS) is 17.3. The molecule has 1 saturated heterocycles. The Morgan fingerprint density at radius 1 is 1.15 bits per heavy atom. The lowest BCUT2D eigenvalue weighted by atomic mass is 10.1. The van der Waals surface area contributed by atoms with Crippen molar-refractivity contribution >= 4 is 34.8 Å². The van der Waals surface area contributed by atoms with Gasteiger partial charge in [0.2, 0.25) is 5.91 Å². The van der Waals surface area contributed by atoms with E-state index < -0.39 is 23.4 Å². The molecule has 14 heteroatoms. The number of H-pyrrole nitrogens is 1. The quantitative estimate of drug-likeness (QED) is 0.517. The predicted octanol–water partition coefficient (Wildman–Crippen LogP) is 3.35. The number of halogens is 4. The molecule has 3 aromatic rings. The minimum absolute atomic E-state index is 0.00451. The molecule has 39 heavy (non-hydrogen) atoms. The van der Waals surface area contributed by atoms with E-state index in [1.807, 2.05) is 16.1 Å². The Labute approximate surface area is 225 Å². The van der Waals surface area contributed by atoms with Gasteiger partial charge < -0.3 is 19.4 Å². The molecule has 1 aromatic carbocycles. The van der Waals surface area contributed by atoms with Gasteiger partial charge in [-0.25, -0.2) is 10.1 Å². The first-order valence-corrected chi connectivity index (χ1v) is 12.3. The Balaban J connectivity index is 1.30. The zero-order valence-electron chi connectivity index (χ0n) is 20.3. The number of hydrogen-bond acceptors (Lipinski definition) is 8. The Bertz CT molecular complexity index is 1480. The summed E-state index contributed by atoms with van der Waals surface area (Å²) in [6.07, 6.45) is -4.10. The van der Waals surface area contributed by atoms with Gasteiger partial charge in [-0.1, -0.05) is 11.6 Å². The summed E-state index contributed by atoms with van der Waals surface area (Å²) in [4.78, 5) is 34.4. The Morgan fingerprint density at radius 2 is 1.92 bits per heavy atom. The maximum Gasteiger partial charge on any atom is 0.421 e. The number of aromatic amines is 1. The van der Waals surface area contributed by atoms with Gasteiger partial charge in [0.15, 0.2) is 5.82 Å². The summed E-state index contributed by atoms with van der Waals surface area (Å²) >= 11 is 6.13. The molecule has 5 rings (SSSR count). The van der Waals surface area contributed by atoms with E-state index in [0.29, 0.717) is 60.1 Å². The lowest BCUT2D eigenvalue weighted by Crippen LogP contribution is -2.50. The number of pyridine rings is 1. The van der Waals surface area contributed by atoms with Crippen LogP contribution in [0.2, 0.25) is 5.02 Å². The fourth-order valence-electron chi connectivity index (χ4n) is 4.54. The Kier molecular flexibility index (Phi) is 7.05. The number of piperazine rings is 1. The highest BCUT2D eigenvalue weighted by Crippen LogP contribution is 2.40. The Hall–Kier alpha value is -4.31. The molecule has 202 valence electrons. The zero-order chi connectivity index (χ0) is 27.7. The molecule has 1 fully saturated rings. The molecule has 0 unspecified atom stereocenters. The first kappa shape index (κ1) is 26.3. The second-order valence-electron chi connectivity index (χ2n) is 9.02. The summed E-state index contributed by atoms with van der Waals surface area (Å²) in [5.74, 6) is 0.709. The number of benzene rings is 1. The molecule has 1 amide bonds. The summed E-state index contributed by atoms with van der Waals surface area (Å²) in [6, 6.07) is 10.8. The monoisotopic (exact) mass is 559 g/mol. The van der Waals surface area contributed by atoms with E-state index in [2.05, 4.69) is 10.1 Å². The lowest BCUT2D eigenvalue weighted by Gasteiger charge is -2.38. The van der Waals surface area contributed by atoms with Crippen molar-refractivity contribution in [2.45, 2.75) is 18.7 Å². The summed E-state index contributed by atoms with van der Waals surface area (Å²) in [7, 11) is 0. The third kappa shape index (κ3) is 5.61. The number of hydrogen-bond donors (Lipinski definition) is 1. The average Bonchev–Trinajstić information content (AvgIpc) is 2.92. The molecule has 0 saturated carbocycles. The van der Waals surface area contributed by atoms with Gasteiger partial charge in [0, 0.05) is 43.5 Å². The highest BCUT2D eigenvalue weighted by molar-refractivity contribution is 6.31. The molecule has 0 aliphatic carbocycles. The van der Waals surface area contributed by atoms with Crippen LogP contribution in [-0.2, 0) is 11.0 Å². The van der Waals surface area contributed by atoms with Gasteiger partial charge in [-0.15, -0.1) is 0 Å². The van der Waals surface area contributed by atoms with E-state index in [-0.39, 0.29) is 24.7 Å². The number of anilines is 3. The molecule has 0 spiro atoms. The highest BCUT2D eigenvalue weighted by atomic mass is 35.5. The van der Waals surface area contributed by atoms with Crippen LogP contribution in [0, 0.1) is 11.3 Å². The predicted molar refractivity (Wildman–Crippen MR) is 135 cm³/mol.